The molecule has 3 saturated heterocycles. The van der Waals surface area contributed by atoms with Gasteiger partial charge in [-0.2, -0.15) is 0 Å². The minimum Gasteiger partial charge on any atom is -0.453 e. The molecule has 4 amide bonds. The highest BCUT2D eigenvalue weighted by Gasteiger charge is 2.40. The molecule has 0 aliphatic carbocycles. The lowest BCUT2D eigenvalue weighted by molar-refractivity contribution is -0.274. The van der Waals surface area contributed by atoms with Crippen molar-refractivity contribution in [2.75, 3.05) is 56.7 Å². The molecule has 7 rings (SSSR count). The van der Waals surface area contributed by atoms with Crippen LogP contribution in [0.1, 0.15) is 75.6 Å². The van der Waals surface area contributed by atoms with Crippen LogP contribution in [0.3, 0.4) is 0 Å². The number of aromatic nitrogens is 3. The number of H-pyrrole nitrogens is 1. The van der Waals surface area contributed by atoms with Crippen molar-refractivity contribution in [3.8, 4) is 28.1 Å². The van der Waals surface area contributed by atoms with Crippen LogP contribution in [-0.2, 0) is 19.1 Å². The molecule has 0 bridgehead atoms. The minimum absolute atomic E-state index is 0.0290. The first kappa shape index (κ1) is 46.1. The van der Waals surface area contributed by atoms with Gasteiger partial charge in [0.1, 0.15) is 23.4 Å². The van der Waals surface area contributed by atoms with E-state index in [0.717, 1.165) is 12.5 Å². The summed E-state index contributed by atoms with van der Waals surface area (Å²) in [6.45, 7) is 10.7. The number of likely N-dealkylation sites (tertiary alicyclic amines) is 1. The number of carbonyl (C=O) groups excluding carboxylic acids is 4. The third-order valence-corrected chi connectivity index (χ3v) is 12.1. The van der Waals surface area contributed by atoms with Gasteiger partial charge in [0.2, 0.25) is 11.8 Å². The third kappa shape index (κ3) is 10.6. The number of hydrogen-bond donors (Lipinski definition) is 3. The Morgan fingerprint density at radius 2 is 1.66 bits per heavy atom. The first-order valence-electron chi connectivity index (χ1n) is 21.2. The highest BCUT2D eigenvalue weighted by Crippen LogP contribution is 2.41. The van der Waals surface area contributed by atoms with E-state index in [4.69, 9.17) is 21.1 Å². The summed E-state index contributed by atoms with van der Waals surface area (Å²) in [6, 6.07) is 11.0. The van der Waals surface area contributed by atoms with Gasteiger partial charge in [0.25, 0.3) is 5.91 Å². The predicted octanol–water partition coefficient (Wildman–Crippen LogP) is 7.84. The molecule has 2 aromatic heterocycles. The number of alkyl halides is 3. The number of rotatable bonds is 10. The molecule has 3 aliphatic heterocycles. The van der Waals surface area contributed by atoms with Crippen LogP contribution in [0.2, 0.25) is 5.02 Å². The van der Waals surface area contributed by atoms with E-state index in [9.17, 15) is 32.3 Å². The molecule has 1 unspecified atom stereocenters. The Hall–Kier alpha value is -5.88. The zero-order valence-corrected chi connectivity index (χ0v) is 37.0. The summed E-state index contributed by atoms with van der Waals surface area (Å²) < 4.78 is 56.1. The highest BCUT2D eigenvalue weighted by atomic mass is 35.5. The Kier molecular flexibility index (Phi) is 13.7. The van der Waals surface area contributed by atoms with E-state index in [-0.39, 0.29) is 51.7 Å². The number of ether oxygens (including phenoxy) is 3. The third-order valence-electron chi connectivity index (χ3n) is 11.8. The lowest BCUT2D eigenvalue weighted by Crippen LogP contribution is -2.56. The van der Waals surface area contributed by atoms with Crippen molar-refractivity contribution in [3.63, 3.8) is 0 Å². The molecule has 0 spiro atoms. The molecule has 19 heteroatoms. The van der Waals surface area contributed by atoms with Crippen LogP contribution < -0.4 is 20.3 Å². The fraction of sp³-hybridized carbons (Fsp3) is 0.467. The molecule has 3 atom stereocenters. The molecule has 0 saturated carbocycles. The maximum atomic E-state index is 14.0. The average Bonchev–Trinajstić information content (AvgIpc) is 3.97. The number of benzene rings is 2. The Labute approximate surface area is 374 Å². The summed E-state index contributed by atoms with van der Waals surface area (Å²) in [6.07, 6.45) is -0.119. The number of carbonyl (C=O) groups is 4. The normalized spacial score (nSPS) is 19.0. The fourth-order valence-corrected chi connectivity index (χ4v) is 8.73. The number of halogens is 4. The molecule has 4 aromatic rings. The van der Waals surface area contributed by atoms with Crippen molar-refractivity contribution in [2.45, 2.75) is 77.9 Å². The lowest BCUT2D eigenvalue weighted by Gasteiger charge is -2.42. The highest BCUT2D eigenvalue weighted by molar-refractivity contribution is 6.34. The molecule has 64 heavy (non-hydrogen) atoms. The molecule has 2 aromatic carbocycles. The summed E-state index contributed by atoms with van der Waals surface area (Å²) in [5, 5.41) is 5.30. The molecule has 3 aliphatic rings. The van der Waals surface area contributed by atoms with Gasteiger partial charge < -0.3 is 44.5 Å². The number of piperazine rings is 1. The SMILES string of the molecule is COC(=O)NC(C(=O)N1CCC[C@H]1c1ncc(-c2ccc(-c3cc(Cl)c(NC(=O)c4ccc(N5CCN(C(=O)C(C)(C)C)C[C@H]5C)nc4)cc3OC(F)(F)F)cc2)[nH]1)C1CCOCC1. The summed E-state index contributed by atoms with van der Waals surface area (Å²) in [5.74, 6) is -0.313. The number of nitrogens with zero attached hydrogens (tertiary/aromatic N) is 5. The Morgan fingerprint density at radius 1 is 0.938 bits per heavy atom. The van der Waals surface area contributed by atoms with Gasteiger partial charge in [-0.3, -0.25) is 14.4 Å². The van der Waals surface area contributed by atoms with Crippen LogP contribution in [0.15, 0.2) is 60.9 Å². The number of hydrogen-bond acceptors (Lipinski definition) is 10. The second kappa shape index (κ2) is 19.1. The first-order chi connectivity index (χ1) is 30.4. The van der Waals surface area contributed by atoms with E-state index < -0.39 is 35.6 Å². The topological polar surface area (TPSA) is 171 Å². The molecule has 3 N–H and O–H groups in total. The standard InChI is InChI=1S/C45H52ClF3N8O7/c1-26-25-55(42(60)44(2,3)4)17-18-56(26)37-13-12-30(23-50-37)40(58)53-33-22-36(64-45(47,48)49)31(21-32(33)46)27-8-10-28(11-9-27)34-24-51-39(52-34)35-7-6-16-57(35)41(59)38(54-43(61)62-5)29-14-19-63-20-15-29/h8-13,21-24,26,29,35,38H,6-7,14-20,25H2,1-5H3,(H,51,52)(H,53,58)(H,54,61)/t26-,35+,38?/m1/s1. The number of alkyl carbamates (subject to hydrolysis) is 1. The number of anilines is 2. The van der Waals surface area contributed by atoms with E-state index in [1.807, 2.05) is 32.6 Å². The number of nitrogens with one attached hydrogen (secondary N) is 3. The van der Waals surface area contributed by atoms with Gasteiger partial charge in [-0.1, -0.05) is 56.6 Å². The van der Waals surface area contributed by atoms with Crippen molar-refractivity contribution in [3.05, 3.63) is 77.3 Å². The van der Waals surface area contributed by atoms with E-state index in [1.54, 1.807) is 47.5 Å². The van der Waals surface area contributed by atoms with Gasteiger partial charge in [-0.15, -0.1) is 13.2 Å². The van der Waals surface area contributed by atoms with Crippen LogP contribution >= 0.6 is 11.6 Å². The number of methoxy groups -OCH3 is 1. The van der Waals surface area contributed by atoms with Gasteiger partial charge in [-0.25, -0.2) is 14.8 Å². The maximum absolute atomic E-state index is 14.0. The number of amides is 4. The number of pyridine rings is 1. The fourth-order valence-electron chi connectivity index (χ4n) is 8.52. The van der Waals surface area contributed by atoms with Crippen LogP contribution in [0.4, 0.5) is 29.5 Å². The summed E-state index contributed by atoms with van der Waals surface area (Å²) in [5.41, 5.74) is 1.22. The van der Waals surface area contributed by atoms with Crippen LogP contribution in [0.5, 0.6) is 5.75 Å². The zero-order valence-electron chi connectivity index (χ0n) is 36.3. The van der Waals surface area contributed by atoms with Gasteiger partial charge in [0.15, 0.2) is 0 Å². The van der Waals surface area contributed by atoms with E-state index >= 15 is 0 Å². The van der Waals surface area contributed by atoms with Gasteiger partial charge >= 0.3 is 12.5 Å². The first-order valence-corrected chi connectivity index (χ1v) is 21.6. The van der Waals surface area contributed by atoms with Crippen molar-refractivity contribution < 1.29 is 46.6 Å². The van der Waals surface area contributed by atoms with Crippen molar-refractivity contribution in [1.29, 1.82) is 0 Å². The van der Waals surface area contributed by atoms with Crippen molar-refractivity contribution >= 4 is 46.9 Å². The van der Waals surface area contributed by atoms with Gasteiger partial charge in [-0.05, 0) is 67.9 Å². The Balaban J connectivity index is 1.04. The summed E-state index contributed by atoms with van der Waals surface area (Å²) >= 11 is 6.61. The molecule has 0 radical (unpaired) electrons. The molecular weight excluding hydrogens is 857 g/mol. The maximum Gasteiger partial charge on any atom is 0.573 e. The molecule has 342 valence electrons. The quantitative estimate of drug-likeness (QED) is 0.142. The summed E-state index contributed by atoms with van der Waals surface area (Å²) in [7, 11) is 1.25. The smallest absolute Gasteiger partial charge is 0.453 e. The Morgan fingerprint density at radius 3 is 2.30 bits per heavy atom. The molecule has 5 heterocycles. The monoisotopic (exact) mass is 908 g/mol. The second-order valence-corrected chi connectivity index (χ2v) is 17.7. The van der Waals surface area contributed by atoms with Crippen molar-refractivity contribution in [1.82, 2.24) is 30.1 Å². The van der Waals surface area contributed by atoms with Crippen molar-refractivity contribution in [2.24, 2.45) is 11.3 Å². The van der Waals surface area contributed by atoms with E-state index in [2.05, 4.69) is 35.2 Å². The van der Waals surface area contributed by atoms with Crippen LogP contribution in [0.25, 0.3) is 22.4 Å². The molecular formula is C45H52ClF3N8O7. The summed E-state index contributed by atoms with van der Waals surface area (Å²) in [4.78, 5) is 70.4. The second-order valence-electron chi connectivity index (χ2n) is 17.3. The lowest BCUT2D eigenvalue weighted by atomic mass is 9.90. The molecule has 15 nitrogen and oxygen atoms in total. The van der Waals surface area contributed by atoms with Gasteiger partial charge in [0, 0.05) is 68.7 Å². The van der Waals surface area contributed by atoms with Crippen LogP contribution in [-0.4, -0.2) is 114 Å². The zero-order chi connectivity index (χ0) is 45.9. The Bertz CT molecular complexity index is 2330. The average molecular weight is 909 g/mol. The van der Waals surface area contributed by atoms with E-state index in [0.29, 0.717) is 87.1 Å². The minimum atomic E-state index is -5.06. The largest absolute Gasteiger partial charge is 0.573 e. The number of aromatic amines is 1. The van der Waals surface area contributed by atoms with Gasteiger partial charge in [0.05, 0.1) is 41.3 Å². The van der Waals surface area contributed by atoms with E-state index in [1.165, 1.54) is 19.4 Å². The van der Waals surface area contributed by atoms with Crippen LogP contribution in [0, 0.1) is 11.3 Å². The molecule has 3 fully saturated rings. The number of imidazole rings is 1. The predicted molar refractivity (Wildman–Crippen MR) is 233 cm³/mol.